The number of aliphatic hydroxyl groups is 1. The molecule has 1 amide bonds. The van der Waals surface area contributed by atoms with Crippen molar-refractivity contribution in [2.45, 2.75) is 6.92 Å². The van der Waals surface area contributed by atoms with E-state index in [9.17, 15) is 18.0 Å². The van der Waals surface area contributed by atoms with E-state index in [2.05, 4.69) is 5.32 Å². The number of Topliss-reactive ketones (excluding diaryl/α,β-unsaturated/α-hetero) is 1. The van der Waals surface area contributed by atoms with Crippen molar-refractivity contribution >= 4 is 27.2 Å². The van der Waals surface area contributed by atoms with Crippen LogP contribution in [0.3, 0.4) is 0 Å². The van der Waals surface area contributed by atoms with Gasteiger partial charge in [0.05, 0.1) is 12.4 Å². The highest BCUT2D eigenvalue weighted by Gasteiger charge is 2.16. The minimum Gasteiger partial charge on any atom is -0.395 e. The molecule has 0 atom stereocenters. The molecule has 0 aliphatic heterocycles. The minimum atomic E-state index is -3.61. The maximum atomic E-state index is 11.5. The molecule has 104 valence electrons. The number of amides is 1. The van der Waals surface area contributed by atoms with Crippen LogP contribution >= 0.6 is 0 Å². The molecule has 2 N–H and O–H groups in total. The standard InChI is InChI=1S/C12H15NO5S/c1-9(15)10-3-2-4-11(7-10)13-12(16)8-19(17,18)6-5-14/h2-4,7,14H,5-6,8H2,1H3,(H,13,16). The third kappa shape index (κ3) is 5.19. The molecule has 0 aliphatic rings. The van der Waals surface area contributed by atoms with Gasteiger partial charge in [-0.15, -0.1) is 0 Å². The van der Waals surface area contributed by atoms with E-state index in [-0.39, 0.29) is 5.78 Å². The normalized spacial score (nSPS) is 11.1. The van der Waals surface area contributed by atoms with Crippen LogP contribution in [0.1, 0.15) is 17.3 Å². The number of aliphatic hydroxyl groups excluding tert-OH is 1. The van der Waals surface area contributed by atoms with Gasteiger partial charge in [-0.25, -0.2) is 8.42 Å². The van der Waals surface area contributed by atoms with Gasteiger partial charge in [-0.3, -0.25) is 9.59 Å². The molecule has 0 bridgehead atoms. The van der Waals surface area contributed by atoms with Crippen LogP contribution < -0.4 is 5.32 Å². The van der Waals surface area contributed by atoms with Crippen LogP contribution in [0.2, 0.25) is 0 Å². The van der Waals surface area contributed by atoms with E-state index < -0.39 is 33.9 Å². The van der Waals surface area contributed by atoms with E-state index in [4.69, 9.17) is 5.11 Å². The van der Waals surface area contributed by atoms with Crippen molar-refractivity contribution in [2.75, 3.05) is 23.4 Å². The summed E-state index contributed by atoms with van der Waals surface area (Å²) >= 11 is 0. The first-order valence-corrected chi connectivity index (χ1v) is 7.38. The van der Waals surface area contributed by atoms with Gasteiger partial charge in [0.1, 0.15) is 5.75 Å². The highest BCUT2D eigenvalue weighted by Crippen LogP contribution is 2.11. The SMILES string of the molecule is CC(=O)c1cccc(NC(=O)CS(=O)(=O)CCO)c1. The Labute approximate surface area is 111 Å². The molecule has 19 heavy (non-hydrogen) atoms. The van der Waals surface area contributed by atoms with Crippen molar-refractivity contribution in [3.63, 3.8) is 0 Å². The molecule has 7 heteroatoms. The fourth-order valence-corrected chi connectivity index (χ4v) is 2.32. The third-order valence-corrected chi connectivity index (χ3v) is 3.81. The molecule has 6 nitrogen and oxygen atoms in total. The van der Waals surface area contributed by atoms with Gasteiger partial charge >= 0.3 is 0 Å². The van der Waals surface area contributed by atoms with Crippen molar-refractivity contribution in [3.8, 4) is 0 Å². The summed E-state index contributed by atoms with van der Waals surface area (Å²) < 4.78 is 22.7. The number of hydrogen-bond donors (Lipinski definition) is 2. The van der Waals surface area contributed by atoms with E-state index in [0.717, 1.165) is 0 Å². The lowest BCUT2D eigenvalue weighted by atomic mass is 10.1. The molecule has 0 saturated heterocycles. The van der Waals surface area contributed by atoms with Gasteiger partial charge < -0.3 is 10.4 Å². The number of nitrogens with one attached hydrogen (secondary N) is 1. The maximum absolute atomic E-state index is 11.5. The number of ketones is 1. The van der Waals surface area contributed by atoms with Crippen LogP contribution in [-0.2, 0) is 14.6 Å². The molecule has 0 aliphatic carbocycles. The zero-order valence-electron chi connectivity index (χ0n) is 10.4. The Balaban J connectivity index is 2.72. The molecular formula is C12H15NO5S. The predicted octanol–water partition coefficient (Wildman–Crippen LogP) is 0.235. The van der Waals surface area contributed by atoms with Gasteiger partial charge in [-0.05, 0) is 19.1 Å². The largest absolute Gasteiger partial charge is 0.395 e. The fourth-order valence-electron chi connectivity index (χ4n) is 1.42. The molecule has 0 aromatic heterocycles. The second-order valence-corrected chi connectivity index (χ2v) is 6.18. The van der Waals surface area contributed by atoms with Crippen molar-refractivity contribution in [1.29, 1.82) is 0 Å². The second-order valence-electron chi connectivity index (χ2n) is 4.00. The first kappa shape index (κ1) is 15.3. The maximum Gasteiger partial charge on any atom is 0.239 e. The molecule has 0 saturated carbocycles. The van der Waals surface area contributed by atoms with Crippen molar-refractivity contribution in [2.24, 2.45) is 0 Å². The van der Waals surface area contributed by atoms with Crippen LogP contribution in [-0.4, -0.2) is 43.3 Å². The third-order valence-electron chi connectivity index (χ3n) is 2.31. The Morgan fingerprint density at radius 2 is 2.00 bits per heavy atom. The molecule has 1 aromatic carbocycles. The Morgan fingerprint density at radius 1 is 1.32 bits per heavy atom. The molecule has 0 radical (unpaired) electrons. The number of carbonyl (C=O) groups excluding carboxylic acids is 2. The average Bonchev–Trinajstić information content (AvgIpc) is 2.27. The van der Waals surface area contributed by atoms with Gasteiger partial charge in [-0.1, -0.05) is 12.1 Å². The highest BCUT2D eigenvalue weighted by atomic mass is 32.2. The predicted molar refractivity (Wildman–Crippen MR) is 70.8 cm³/mol. The molecule has 0 heterocycles. The number of benzene rings is 1. The number of anilines is 1. The first-order valence-electron chi connectivity index (χ1n) is 5.56. The monoisotopic (exact) mass is 285 g/mol. The van der Waals surface area contributed by atoms with Gasteiger partial charge in [0.2, 0.25) is 5.91 Å². The number of hydrogen-bond acceptors (Lipinski definition) is 5. The van der Waals surface area contributed by atoms with Crippen LogP contribution in [0.25, 0.3) is 0 Å². The van der Waals surface area contributed by atoms with Crippen molar-refractivity contribution < 1.29 is 23.1 Å². The smallest absolute Gasteiger partial charge is 0.239 e. The number of carbonyl (C=O) groups is 2. The number of sulfone groups is 1. The van der Waals surface area contributed by atoms with Crippen LogP contribution in [0, 0.1) is 0 Å². The van der Waals surface area contributed by atoms with E-state index >= 15 is 0 Å². The average molecular weight is 285 g/mol. The van der Waals surface area contributed by atoms with Gasteiger partial charge in [-0.2, -0.15) is 0 Å². The van der Waals surface area contributed by atoms with Crippen LogP contribution in [0.4, 0.5) is 5.69 Å². The van der Waals surface area contributed by atoms with Gasteiger partial charge in [0.15, 0.2) is 15.6 Å². The van der Waals surface area contributed by atoms with Gasteiger partial charge in [0, 0.05) is 11.3 Å². The van der Waals surface area contributed by atoms with Crippen molar-refractivity contribution in [3.05, 3.63) is 29.8 Å². The van der Waals surface area contributed by atoms with Gasteiger partial charge in [0.25, 0.3) is 0 Å². The summed E-state index contributed by atoms with van der Waals surface area (Å²) in [6, 6.07) is 6.22. The fraction of sp³-hybridized carbons (Fsp3) is 0.333. The Bertz CT molecular complexity index is 580. The zero-order chi connectivity index (χ0) is 14.5. The molecular weight excluding hydrogens is 270 g/mol. The minimum absolute atomic E-state index is 0.149. The topological polar surface area (TPSA) is 101 Å². The first-order chi connectivity index (χ1) is 8.84. The summed E-state index contributed by atoms with van der Waals surface area (Å²) in [6.07, 6.45) is 0. The lowest BCUT2D eigenvalue weighted by molar-refractivity contribution is -0.113. The number of rotatable bonds is 6. The highest BCUT2D eigenvalue weighted by molar-refractivity contribution is 7.92. The van der Waals surface area contributed by atoms with Crippen LogP contribution in [0.15, 0.2) is 24.3 Å². The Kier molecular flexibility index (Phi) is 5.20. The summed E-state index contributed by atoms with van der Waals surface area (Å²) in [7, 11) is -3.61. The Hall–Kier alpha value is -1.73. The summed E-state index contributed by atoms with van der Waals surface area (Å²) in [5, 5.41) is 11.0. The van der Waals surface area contributed by atoms with Crippen molar-refractivity contribution in [1.82, 2.24) is 0 Å². The van der Waals surface area contributed by atoms with E-state index in [1.165, 1.54) is 13.0 Å². The van der Waals surface area contributed by atoms with Crippen LogP contribution in [0.5, 0.6) is 0 Å². The lowest BCUT2D eigenvalue weighted by Gasteiger charge is -2.06. The van der Waals surface area contributed by atoms with E-state index in [1.807, 2.05) is 0 Å². The quantitative estimate of drug-likeness (QED) is 0.729. The molecule has 0 unspecified atom stereocenters. The summed E-state index contributed by atoms with van der Waals surface area (Å²) in [6.45, 7) is 0.877. The molecule has 0 fully saturated rings. The summed E-state index contributed by atoms with van der Waals surface area (Å²) in [5.74, 6) is -2.00. The summed E-state index contributed by atoms with van der Waals surface area (Å²) in [4.78, 5) is 22.7. The van der Waals surface area contributed by atoms with E-state index in [0.29, 0.717) is 11.3 Å². The molecule has 1 aromatic rings. The molecule has 1 rings (SSSR count). The zero-order valence-corrected chi connectivity index (χ0v) is 11.2. The lowest BCUT2D eigenvalue weighted by Crippen LogP contribution is -2.25. The Morgan fingerprint density at radius 3 is 2.58 bits per heavy atom. The second kappa shape index (κ2) is 6.44. The molecule has 0 spiro atoms. The van der Waals surface area contributed by atoms with E-state index in [1.54, 1.807) is 18.2 Å². The summed E-state index contributed by atoms with van der Waals surface area (Å²) in [5.41, 5.74) is 0.785.